The lowest BCUT2D eigenvalue weighted by molar-refractivity contribution is 0.340. The van der Waals surface area contributed by atoms with Crippen molar-refractivity contribution < 1.29 is 4.74 Å². The van der Waals surface area contributed by atoms with Crippen molar-refractivity contribution in [1.82, 2.24) is 15.1 Å². The van der Waals surface area contributed by atoms with E-state index in [2.05, 4.69) is 22.0 Å². The van der Waals surface area contributed by atoms with E-state index in [1.54, 1.807) is 0 Å². The van der Waals surface area contributed by atoms with Gasteiger partial charge in [0.25, 0.3) is 0 Å². The number of hydrogen-bond acceptors (Lipinski definition) is 3. The molecule has 19 heavy (non-hydrogen) atoms. The van der Waals surface area contributed by atoms with Gasteiger partial charge in [0.15, 0.2) is 5.75 Å². The second kappa shape index (κ2) is 5.45. The monoisotopic (exact) mass is 257 g/mol. The summed E-state index contributed by atoms with van der Waals surface area (Å²) in [6.45, 7) is 4.18. The highest BCUT2D eigenvalue weighted by atomic mass is 16.5. The van der Waals surface area contributed by atoms with Crippen LogP contribution in [-0.2, 0) is 0 Å². The molecule has 4 heteroatoms. The molecule has 1 N–H and O–H groups in total. The molecule has 1 aliphatic rings. The average Bonchev–Trinajstić information content (AvgIpc) is 2.82. The lowest BCUT2D eigenvalue weighted by Gasteiger charge is -2.24. The van der Waals surface area contributed by atoms with Gasteiger partial charge in [0, 0.05) is 6.54 Å². The third-order valence-electron chi connectivity index (χ3n) is 3.59. The zero-order chi connectivity index (χ0) is 13.1. The minimum absolute atomic E-state index is 0.446. The first kappa shape index (κ1) is 12.2. The van der Waals surface area contributed by atoms with Crippen LogP contribution in [0.2, 0.25) is 0 Å². The SMILES string of the molecule is Cc1c(Oc2ccccc2)cnn1C1CCCNC1. The Bertz CT molecular complexity index is 530. The summed E-state index contributed by atoms with van der Waals surface area (Å²) in [7, 11) is 0. The standard InChI is InChI=1S/C15H19N3O/c1-12-15(19-14-7-3-2-4-8-14)11-17-18(12)13-6-5-9-16-10-13/h2-4,7-8,11,13,16H,5-6,9-10H2,1H3. The van der Waals surface area contributed by atoms with Gasteiger partial charge in [0.05, 0.1) is 17.9 Å². The topological polar surface area (TPSA) is 39.1 Å². The largest absolute Gasteiger partial charge is 0.454 e. The van der Waals surface area contributed by atoms with Gasteiger partial charge in [0.1, 0.15) is 5.75 Å². The second-order valence-corrected chi connectivity index (χ2v) is 4.95. The zero-order valence-corrected chi connectivity index (χ0v) is 11.2. The Hall–Kier alpha value is -1.81. The Morgan fingerprint density at radius 3 is 2.89 bits per heavy atom. The van der Waals surface area contributed by atoms with E-state index < -0.39 is 0 Å². The summed E-state index contributed by atoms with van der Waals surface area (Å²) in [4.78, 5) is 0. The van der Waals surface area contributed by atoms with E-state index in [1.807, 2.05) is 36.5 Å². The van der Waals surface area contributed by atoms with Gasteiger partial charge in [-0.3, -0.25) is 4.68 Å². The van der Waals surface area contributed by atoms with Crippen molar-refractivity contribution in [2.24, 2.45) is 0 Å². The molecule has 2 heterocycles. The Kier molecular flexibility index (Phi) is 3.51. The molecular formula is C15H19N3O. The van der Waals surface area contributed by atoms with E-state index in [4.69, 9.17) is 4.74 Å². The van der Waals surface area contributed by atoms with E-state index in [9.17, 15) is 0 Å². The Balaban J connectivity index is 1.78. The van der Waals surface area contributed by atoms with Gasteiger partial charge < -0.3 is 10.1 Å². The molecule has 1 unspecified atom stereocenters. The van der Waals surface area contributed by atoms with E-state index in [0.29, 0.717) is 6.04 Å². The molecule has 1 aromatic heterocycles. The molecule has 0 amide bonds. The molecule has 0 spiro atoms. The molecule has 2 aromatic rings. The highest BCUT2D eigenvalue weighted by Gasteiger charge is 2.19. The third-order valence-corrected chi connectivity index (χ3v) is 3.59. The van der Waals surface area contributed by atoms with Crippen molar-refractivity contribution in [1.29, 1.82) is 0 Å². The average molecular weight is 257 g/mol. The van der Waals surface area contributed by atoms with Gasteiger partial charge in [-0.05, 0) is 38.4 Å². The molecule has 1 aliphatic heterocycles. The van der Waals surface area contributed by atoms with Crippen LogP contribution < -0.4 is 10.1 Å². The van der Waals surface area contributed by atoms with Crippen LogP contribution in [0.4, 0.5) is 0 Å². The Morgan fingerprint density at radius 2 is 2.16 bits per heavy atom. The molecular weight excluding hydrogens is 238 g/mol. The van der Waals surface area contributed by atoms with Gasteiger partial charge in [-0.15, -0.1) is 0 Å². The molecule has 1 atom stereocenters. The zero-order valence-electron chi connectivity index (χ0n) is 11.2. The van der Waals surface area contributed by atoms with E-state index in [0.717, 1.165) is 30.3 Å². The summed E-state index contributed by atoms with van der Waals surface area (Å²) < 4.78 is 7.96. The lowest BCUT2D eigenvalue weighted by Crippen LogP contribution is -2.32. The van der Waals surface area contributed by atoms with Crippen LogP contribution in [0.15, 0.2) is 36.5 Å². The van der Waals surface area contributed by atoms with Gasteiger partial charge in [-0.1, -0.05) is 18.2 Å². The number of nitrogens with one attached hydrogen (secondary N) is 1. The number of benzene rings is 1. The van der Waals surface area contributed by atoms with Gasteiger partial charge in [0.2, 0.25) is 0 Å². The van der Waals surface area contributed by atoms with Crippen LogP contribution in [-0.4, -0.2) is 22.9 Å². The summed E-state index contributed by atoms with van der Waals surface area (Å²) in [5, 5.41) is 7.91. The fraction of sp³-hybridized carbons (Fsp3) is 0.400. The Morgan fingerprint density at radius 1 is 1.32 bits per heavy atom. The molecule has 0 aliphatic carbocycles. The number of hydrogen-bond donors (Lipinski definition) is 1. The fourth-order valence-electron chi connectivity index (χ4n) is 2.53. The van der Waals surface area contributed by atoms with Crippen molar-refractivity contribution in [2.75, 3.05) is 13.1 Å². The van der Waals surface area contributed by atoms with Crippen LogP contribution in [0.5, 0.6) is 11.5 Å². The Labute approximate surface area is 113 Å². The van der Waals surface area contributed by atoms with E-state index in [-0.39, 0.29) is 0 Å². The summed E-state index contributed by atoms with van der Waals surface area (Å²) in [5.41, 5.74) is 1.09. The van der Waals surface area contributed by atoms with Crippen molar-refractivity contribution in [3.05, 3.63) is 42.2 Å². The number of piperidine rings is 1. The minimum atomic E-state index is 0.446. The first-order valence-electron chi connectivity index (χ1n) is 6.82. The number of rotatable bonds is 3. The van der Waals surface area contributed by atoms with Crippen LogP contribution in [0.3, 0.4) is 0 Å². The van der Waals surface area contributed by atoms with Crippen molar-refractivity contribution in [3.63, 3.8) is 0 Å². The number of para-hydroxylation sites is 1. The van der Waals surface area contributed by atoms with Crippen molar-refractivity contribution in [2.45, 2.75) is 25.8 Å². The molecule has 4 nitrogen and oxygen atoms in total. The van der Waals surface area contributed by atoms with Gasteiger partial charge in [-0.2, -0.15) is 5.10 Å². The molecule has 0 radical (unpaired) electrons. The van der Waals surface area contributed by atoms with Crippen molar-refractivity contribution in [3.8, 4) is 11.5 Å². The van der Waals surface area contributed by atoms with E-state index in [1.165, 1.54) is 12.8 Å². The summed E-state index contributed by atoms with van der Waals surface area (Å²) in [6.07, 6.45) is 4.20. The van der Waals surface area contributed by atoms with Crippen LogP contribution >= 0.6 is 0 Å². The quantitative estimate of drug-likeness (QED) is 0.919. The second-order valence-electron chi connectivity index (χ2n) is 4.95. The molecule has 1 fully saturated rings. The third kappa shape index (κ3) is 2.63. The molecule has 3 rings (SSSR count). The lowest BCUT2D eigenvalue weighted by atomic mass is 10.1. The maximum atomic E-state index is 5.88. The van der Waals surface area contributed by atoms with Gasteiger partial charge in [-0.25, -0.2) is 0 Å². The number of ether oxygens (including phenoxy) is 1. The highest BCUT2D eigenvalue weighted by Crippen LogP contribution is 2.27. The first-order chi connectivity index (χ1) is 9.34. The maximum absolute atomic E-state index is 5.88. The van der Waals surface area contributed by atoms with E-state index >= 15 is 0 Å². The smallest absolute Gasteiger partial charge is 0.168 e. The fourth-order valence-corrected chi connectivity index (χ4v) is 2.53. The van der Waals surface area contributed by atoms with Crippen LogP contribution in [0, 0.1) is 6.92 Å². The number of nitrogens with zero attached hydrogens (tertiary/aromatic N) is 2. The van der Waals surface area contributed by atoms with Gasteiger partial charge >= 0.3 is 0 Å². The molecule has 100 valence electrons. The number of aromatic nitrogens is 2. The predicted octanol–water partition coefficient (Wildman–Crippen LogP) is 2.91. The van der Waals surface area contributed by atoms with Crippen molar-refractivity contribution >= 4 is 0 Å². The first-order valence-corrected chi connectivity index (χ1v) is 6.82. The molecule has 0 bridgehead atoms. The maximum Gasteiger partial charge on any atom is 0.168 e. The minimum Gasteiger partial charge on any atom is -0.454 e. The molecule has 1 saturated heterocycles. The normalized spacial score (nSPS) is 19.3. The van der Waals surface area contributed by atoms with Crippen LogP contribution in [0.1, 0.15) is 24.6 Å². The van der Waals surface area contributed by atoms with Crippen LogP contribution in [0.25, 0.3) is 0 Å². The highest BCUT2D eigenvalue weighted by molar-refractivity contribution is 5.32. The summed E-state index contributed by atoms with van der Waals surface area (Å²) in [5.74, 6) is 1.70. The summed E-state index contributed by atoms with van der Waals surface area (Å²) >= 11 is 0. The predicted molar refractivity (Wildman–Crippen MR) is 74.6 cm³/mol. The summed E-state index contributed by atoms with van der Waals surface area (Å²) in [6, 6.07) is 10.3. The molecule has 1 aromatic carbocycles. The molecule has 0 saturated carbocycles.